The third-order valence-electron chi connectivity index (χ3n) is 4.72. The van der Waals surface area contributed by atoms with E-state index < -0.39 is 0 Å². The van der Waals surface area contributed by atoms with Crippen molar-refractivity contribution < 1.29 is 0 Å². The summed E-state index contributed by atoms with van der Waals surface area (Å²) in [7, 11) is 0. The summed E-state index contributed by atoms with van der Waals surface area (Å²) >= 11 is 0. The lowest BCUT2D eigenvalue weighted by molar-refractivity contribution is 0.267. The summed E-state index contributed by atoms with van der Waals surface area (Å²) in [4.78, 5) is 4.45. The van der Waals surface area contributed by atoms with Crippen LogP contribution in [0.25, 0.3) is 11.0 Å². The molecule has 0 radical (unpaired) electrons. The number of nitrogen functional groups attached to an aromatic ring is 1. The first kappa shape index (κ1) is 13.9. The second-order valence-corrected chi connectivity index (χ2v) is 6.12. The molecule has 21 heavy (non-hydrogen) atoms. The monoisotopic (exact) mass is 282 g/mol. The number of nitrogens with two attached hydrogens (primary N) is 1. The molecule has 0 spiro atoms. The normalized spacial score (nSPS) is 22.3. The molecule has 3 rings (SSSR count). The Morgan fingerprint density at radius 2 is 2.10 bits per heavy atom. The number of nitriles is 1. The van der Waals surface area contributed by atoms with Crippen molar-refractivity contribution in [2.24, 2.45) is 5.92 Å². The van der Waals surface area contributed by atoms with E-state index in [0.717, 1.165) is 29.8 Å². The number of hydrogen-bond acceptors (Lipinski definition) is 3. The summed E-state index contributed by atoms with van der Waals surface area (Å²) in [5.74, 6) is 1.45. The van der Waals surface area contributed by atoms with Crippen molar-refractivity contribution in [2.45, 2.75) is 51.5 Å². The zero-order chi connectivity index (χ0) is 14.8. The Balaban J connectivity index is 1.90. The van der Waals surface area contributed by atoms with E-state index in [4.69, 9.17) is 11.0 Å². The van der Waals surface area contributed by atoms with E-state index in [0.29, 0.717) is 17.6 Å². The molecule has 1 aliphatic carbocycles. The van der Waals surface area contributed by atoms with Gasteiger partial charge in [0.25, 0.3) is 0 Å². The number of rotatable bonds is 3. The minimum absolute atomic E-state index is 0.428. The van der Waals surface area contributed by atoms with Gasteiger partial charge in [0.05, 0.1) is 22.7 Å². The molecule has 1 aliphatic rings. The van der Waals surface area contributed by atoms with Crippen molar-refractivity contribution in [3.63, 3.8) is 0 Å². The van der Waals surface area contributed by atoms with E-state index in [2.05, 4.69) is 22.5 Å². The maximum absolute atomic E-state index is 9.09. The summed E-state index contributed by atoms with van der Waals surface area (Å²) < 4.78 is 2.15. The maximum Gasteiger partial charge on any atom is 0.201 e. The molecule has 0 amide bonds. The van der Waals surface area contributed by atoms with Crippen molar-refractivity contribution in [2.75, 3.05) is 5.73 Å². The Bertz CT molecular complexity index is 672. The van der Waals surface area contributed by atoms with Crippen LogP contribution in [0.1, 0.15) is 57.1 Å². The fourth-order valence-corrected chi connectivity index (χ4v) is 3.66. The maximum atomic E-state index is 9.09. The van der Waals surface area contributed by atoms with Crippen LogP contribution in [0, 0.1) is 17.2 Å². The van der Waals surface area contributed by atoms with Crippen molar-refractivity contribution in [3.8, 4) is 6.07 Å². The van der Waals surface area contributed by atoms with Crippen LogP contribution in [0.3, 0.4) is 0 Å². The van der Waals surface area contributed by atoms with Gasteiger partial charge < -0.3 is 10.3 Å². The molecule has 2 aromatic rings. The smallest absolute Gasteiger partial charge is 0.201 e. The molecule has 0 atom stereocenters. The predicted octanol–water partition coefficient (Wildman–Crippen LogP) is 4.02. The first-order chi connectivity index (χ1) is 10.2. The number of fused-ring (bicyclic) bond motifs is 1. The van der Waals surface area contributed by atoms with E-state index >= 15 is 0 Å². The van der Waals surface area contributed by atoms with E-state index in [1.807, 2.05) is 12.1 Å². The van der Waals surface area contributed by atoms with E-state index in [1.54, 1.807) is 6.07 Å². The molecule has 0 bridgehead atoms. The molecule has 0 unspecified atom stereocenters. The van der Waals surface area contributed by atoms with Gasteiger partial charge in [-0.05, 0) is 49.8 Å². The van der Waals surface area contributed by atoms with Crippen LogP contribution in [0.2, 0.25) is 0 Å². The first-order valence-corrected chi connectivity index (χ1v) is 7.90. The second-order valence-electron chi connectivity index (χ2n) is 6.12. The van der Waals surface area contributed by atoms with Crippen molar-refractivity contribution in [1.29, 1.82) is 5.26 Å². The van der Waals surface area contributed by atoms with Gasteiger partial charge >= 0.3 is 0 Å². The molecular formula is C17H22N4. The fourth-order valence-electron chi connectivity index (χ4n) is 3.66. The van der Waals surface area contributed by atoms with Crippen LogP contribution in [0.15, 0.2) is 18.2 Å². The van der Waals surface area contributed by atoms with E-state index in [1.165, 1.54) is 25.7 Å². The first-order valence-electron chi connectivity index (χ1n) is 7.90. The van der Waals surface area contributed by atoms with Crippen LogP contribution in [0.5, 0.6) is 0 Å². The molecule has 1 fully saturated rings. The number of nitrogens with zero attached hydrogens (tertiary/aromatic N) is 3. The summed E-state index contributed by atoms with van der Waals surface area (Å²) in [5, 5.41) is 9.09. The molecular weight excluding hydrogens is 260 g/mol. The number of benzene rings is 1. The number of aromatic nitrogens is 2. The van der Waals surface area contributed by atoms with Crippen LogP contribution < -0.4 is 5.73 Å². The minimum atomic E-state index is 0.428. The highest BCUT2D eigenvalue weighted by atomic mass is 15.2. The SMILES string of the molecule is CCCC1CCC(n2c(N)nc3ccc(C#N)cc32)CC1. The van der Waals surface area contributed by atoms with Gasteiger partial charge in [-0.1, -0.05) is 19.8 Å². The quantitative estimate of drug-likeness (QED) is 0.924. The van der Waals surface area contributed by atoms with Crippen LogP contribution in [0.4, 0.5) is 5.95 Å². The average molecular weight is 282 g/mol. The Kier molecular flexibility index (Phi) is 3.83. The molecule has 0 saturated heterocycles. The van der Waals surface area contributed by atoms with E-state index in [-0.39, 0.29) is 0 Å². The molecule has 4 nitrogen and oxygen atoms in total. The fraction of sp³-hybridized carbons (Fsp3) is 0.529. The van der Waals surface area contributed by atoms with Crippen molar-refractivity contribution in [1.82, 2.24) is 9.55 Å². The van der Waals surface area contributed by atoms with Gasteiger partial charge in [-0.3, -0.25) is 0 Å². The Labute approximate surface area is 125 Å². The molecule has 4 heteroatoms. The van der Waals surface area contributed by atoms with Crippen LogP contribution in [-0.2, 0) is 0 Å². The largest absolute Gasteiger partial charge is 0.369 e. The zero-order valence-corrected chi connectivity index (χ0v) is 12.5. The molecule has 1 aromatic heterocycles. The number of imidazole rings is 1. The van der Waals surface area contributed by atoms with Gasteiger partial charge in [0.15, 0.2) is 0 Å². The summed E-state index contributed by atoms with van der Waals surface area (Å²) in [6, 6.07) is 8.24. The summed E-state index contributed by atoms with van der Waals surface area (Å²) in [6.07, 6.45) is 7.49. The number of hydrogen-bond donors (Lipinski definition) is 1. The lowest BCUT2D eigenvalue weighted by Crippen LogP contribution is -2.19. The predicted molar refractivity (Wildman–Crippen MR) is 84.8 cm³/mol. The molecule has 1 saturated carbocycles. The lowest BCUT2D eigenvalue weighted by atomic mass is 9.83. The highest BCUT2D eigenvalue weighted by Gasteiger charge is 2.24. The van der Waals surface area contributed by atoms with Crippen molar-refractivity contribution >= 4 is 17.0 Å². The highest BCUT2D eigenvalue weighted by molar-refractivity contribution is 5.80. The topological polar surface area (TPSA) is 67.6 Å². The Morgan fingerprint density at radius 1 is 1.33 bits per heavy atom. The third kappa shape index (κ3) is 2.61. The molecule has 2 N–H and O–H groups in total. The number of anilines is 1. The average Bonchev–Trinajstić information content (AvgIpc) is 2.83. The second kappa shape index (κ2) is 5.77. The van der Waals surface area contributed by atoms with Crippen molar-refractivity contribution in [3.05, 3.63) is 23.8 Å². The van der Waals surface area contributed by atoms with Gasteiger partial charge in [-0.2, -0.15) is 5.26 Å². The van der Waals surface area contributed by atoms with Gasteiger partial charge in [0.1, 0.15) is 0 Å². The zero-order valence-electron chi connectivity index (χ0n) is 12.5. The van der Waals surface area contributed by atoms with Gasteiger partial charge in [0, 0.05) is 6.04 Å². The summed E-state index contributed by atoms with van der Waals surface area (Å²) in [5.41, 5.74) is 8.70. The lowest BCUT2D eigenvalue weighted by Gasteiger charge is -2.30. The molecule has 0 aliphatic heterocycles. The van der Waals surface area contributed by atoms with Gasteiger partial charge in [0.2, 0.25) is 5.95 Å². The van der Waals surface area contributed by atoms with Gasteiger partial charge in [-0.25, -0.2) is 4.98 Å². The van der Waals surface area contributed by atoms with E-state index in [9.17, 15) is 0 Å². The molecule has 1 heterocycles. The Hall–Kier alpha value is -2.02. The Morgan fingerprint density at radius 3 is 2.76 bits per heavy atom. The third-order valence-corrected chi connectivity index (χ3v) is 4.72. The molecule has 110 valence electrons. The molecule has 1 aromatic carbocycles. The highest BCUT2D eigenvalue weighted by Crippen LogP contribution is 2.37. The summed E-state index contributed by atoms with van der Waals surface area (Å²) in [6.45, 7) is 2.26. The van der Waals surface area contributed by atoms with Crippen LogP contribution in [-0.4, -0.2) is 9.55 Å². The van der Waals surface area contributed by atoms with Gasteiger partial charge in [-0.15, -0.1) is 0 Å². The minimum Gasteiger partial charge on any atom is -0.369 e. The van der Waals surface area contributed by atoms with Crippen LogP contribution >= 0.6 is 0 Å². The standard InChI is InChI=1S/C17H22N4/c1-2-3-12-4-7-14(8-5-12)21-16-10-13(11-18)6-9-15(16)20-17(21)19/h6,9-10,12,14H,2-5,7-8H2,1H3,(H2,19,20).